The van der Waals surface area contributed by atoms with Crippen LogP contribution in [0.2, 0.25) is 10.0 Å². The molecule has 1 fully saturated rings. The third-order valence-electron chi connectivity index (χ3n) is 4.51. The van der Waals surface area contributed by atoms with E-state index in [2.05, 4.69) is 15.6 Å². The molecule has 3 aromatic rings. The first-order chi connectivity index (χ1) is 11.6. The summed E-state index contributed by atoms with van der Waals surface area (Å²) in [5.41, 5.74) is 2.53. The van der Waals surface area contributed by atoms with Crippen molar-refractivity contribution in [3.63, 3.8) is 0 Å². The van der Waals surface area contributed by atoms with Gasteiger partial charge in [0.2, 0.25) is 0 Å². The Labute approximate surface area is 149 Å². The fraction of sp³-hybridized carbons (Fsp3) is 0.222. The smallest absolute Gasteiger partial charge is 0.255 e. The summed E-state index contributed by atoms with van der Waals surface area (Å²) in [5.74, 6) is -0.0746. The number of hydrogen-bond donors (Lipinski definition) is 0. The third kappa shape index (κ3) is 2.56. The van der Waals surface area contributed by atoms with Crippen LogP contribution >= 0.6 is 23.2 Å². The maximum Gasteiger partial charge on any atom is 0.255 e. The van der Waals surface area contributed by atoms with Gasteiger partial charge in [0, 0.05) is 13.1 Å². The average molecular weight is 360 g/mol. The number of carbonyl (C=O) groups is 1. The van der Waals surface area contributed by atoms with Gasteiger partial charge in [-0.2, -0.15) is 0 Å². The van der Waals surface area contributed by atoms with E-state index >= 15 is 0 Å². The third-order valence-corrected chi connectivity index (χ3v) is 5.33. The molecule has 1 aliphatic heterocycles. The molecule has 0 saturated carbocycles. The van der Waals surface area contributed by atoms with Crippen LogP contribution in [0.5, 0.6) is 0 Å². The van der Waals surface area contributed by atoms with E-state index in [0.29, 0.717) is 28.7 Å². The van der Waals surface area contributed by atoms with Crippen molar-refractivity contribution in [3.05, 3.63) is 64.4 Å². The van der Waals surface area contributed by atoms with Crippen molar-refractivity contribution in [1.82, 2.24) is 14.5 Å². The summed E-state index contributed by atoms with van der Waals surface area (Å²) in [7, 11) is 0. The quantitative estimate of drug-likeness (QED) is 0.678. The lowest BCUT2D eigenvalue weighted by molar-refractivity contribution is 0.0788. The molecule has 1 aliphatic rings. The largest absolute Gasteiger partial charge is 0.336 e. The number of para-hydroxylation sites is 2. The minimum atomic E-state index is -0.0746. The monoisotopic (exact) mass is 359 g/mol. The molecule has 0 spiro atoms. The molecule has 2 aromatic carbocycles. The van der Waals surface area contributed by atoms with Gasteiger partial charge in [0.1, 0.15) is 0 Å². The predicted octanol–water partition coefficient (Wildman–Crippen LogP) is 4.43. The molecule has 0 N–H and O–H groups in total. The van der Waals surface area contributed by atoms with Gasteiger partial charge in [-0.3, -0.25) is 4.79 Å². The molecule has 1 amide bonds. The second-order valence-electron chi connectivity index (χ2n) is 5.94. The Morgan fingerprint density at radius 1 is 1.12 bits per heavy atom. The Morgan fingerprint density at radius 2 is 1.96 bits per heavy atom. The summed E-state index contributed by atoms with van der Waals surface area (Å²) >= 11 is 12.2. The van der Waals surface area contributed by atoms with Crippen molar-refractivity contribution in [1.29, 1.82) is 0 Å². The van der Waals surface area contributed by atoms with Crippen LogP contribution in [0.3, 0.4) is 0 Å². The van der Waals surface area contributed by atoms with Gasteiger partial charge in [-0.15, -0.1) is 0 Å². The number of aromatic nitrogens is 2. The number of likely N-dealkylation sites (tertiary alicyclic amines) is 1. The van der Waals surface area contributed by atoms with Crippen LogP contribution in [0, 0.1) is 0 Å². The highest BCUT2D eigenvalue weighted by Gasteiger charge is 2.29. The van der Waals surface area contributed by atoms with Crippen molar-refractivity contribution in [2.24, 2.45) is 0 Å². The molecular weight excluding hydrogens is 345 g/mol. The fourth-order valence-electron chi connectivity index (χ4n) is 3.26. The number of amides is 1. The molecule has 1 saturated heterocycles. The Bertz CT molecular complexity index is 922. The van der Waals surface area contributed by atoms with Crippen molar-refractivity contribution in [2.45, 2.75) is 12.5 Å². The van der Waals surface area contributed by atoms with Crippen LogP contribution in [0.25, 0.3) is 11.0 Å². The number of nitrogens with zero attached hydrogens (tertiary/aromatic N) is 3. The molecule has 0 radical (unpaired) electrons. The van der Waals surface area contributed by atoms with Gasteiger partial charge in [-0.1, -0.05) is 41.4 Å². The number of rotatable bonds is 2. The van der Waals surface area contributed by atoms with Gasteiger partial charge in [0.15, 0.2) is 0 Å². The van der Waals surface area contributed by atoms with E-state index in [0.717, 1.165) is 17.5 Å². The summed E-state index contributed by atoms with van der Waals surface area (Å²) in [6.07, 6.45) is 2.75. The summed E-state index contributed by atoms with van der Waals surface area (Å²) in [4.78, 5) is 19.0. The zero-order valence-corrected chi connectivity index (χ0v) is 14.3. The predicted molar refractivity (Wildman–Crippen MR) is 95.8 cm³/mol. The molecule has 1 atom stereocenters. The van der Waals surface area contributed by atoms with E-state index < -0.39 is 0 Å². The number of halogens is 2. The maximum atomic E-state index is 12.8. The van der Waals surface area contributed by atoms with Crippen molar-refractivity contribution >= 4 is 40.1 Å². The van der Waals surface area contributed by atoms with E-state index in [4.69, 9.17) is 23.2 Å². The van der Waals surface area contributed by atoms with E-state index in [9.17, 15) is 4.79 Å². The number of carbonyl (C=O) groups excluding carboxylic acids is 1. The van der Waals surface area contributed by atoms with E-state index in [1.165, 1.54) is 0 Å². The Hall–Kier alpha value is -2.04. The van der Waals surface area contributed by atoms with Crippen molar-refractivity contribution in [3.8, 4) is 0 Å². The number of fused-ring (bicyclic) bond motifs is 1. The van der Waals surface area contributed by atoms with Crippen molar-refractivity contribution < 1.29 is 4.79 Å². The van der Waals surface area contributed by atoms with Crippen LogP contribution in [0.1, 0.15) is 22.8 Å². The van der Waals surface area contributed by atoms with Crippen LogP contribution in [0.15, 0.2) is 48.8 Å². The van der Waals surface area contributed by atoms with Gasteiger partial charge >= 0.3 is 0 Å². The first-order valence-electron chi connectivity index (χ1n) is 7.80. The zero-order valence-electron chi connectivity index (χ0n) is 12.8. The first-order valence-corrected chi connectivity index (χ1v) is 8.55. The van der Waals surface area contributed by atoms with Gasteiger partial charge in [0.05, 0.1) is 39.0 Å². The molecule has 0 aliphatic carbocycles. The van der Waals surface area contributed by atoms with Crippen LogP contribution in [0.4, 0.5) is 0 Å². The topological polar surface area (TPSA) is 38.1 Å². The molecule has 1 unspecified atom stereocenters. The second kappa shape index (κ2) is 6.11. The van der Waals surface area contributed by atoms with E-state index in [1.54, 1.807) is 18.2 Å². The summed E-state index contributed by atoms with van der Waals surface area (Å²) in [5, 5.41) is 0.722. The molecule has 24 heavy (non-hydrogen) atoms. The standard InChI is InChI=1S/C18H15Cl2N3O/c19-14-5-3-4-13(17(14)20)18(24)22-9-8-12(10-22)23-11-21-15-6-1-2-7-16(15)23/h1-7,11-12H,8-10H2. The molecule has 122 valence electrons. The van der Waals surface area contributed by atoms with E-state index in [-0.39, 0.29) is 11.9 Å². The van der Waals surface area contributed by atoms with Crippen LogP contribution in [-0.4, -0.2) is 33.4 Å². The van der Waals surface area contributed by atoms with Gasteiger partial charge in [-0.05, 0) is 30.7 Å². The summed E-state index contributed by atoms with van der Waals surface area (Å²) < 4.78 is 2.15. The number of benzene rings is 2. The normalized spacial score (nSPS) is 17.6. The van der Waals surface area contributed by atoms with Gasteiger partial charge in [0.25, 0.3) is 5.91 Å². The lowest BCUT2D eigenvalue weighted by Gasteiger charge is -2.18. The average Bonchev–Trinajstić information content (AvgIpc) is 3.23. The lowest BCUT2D eigenvalue weighted by Crippen LogP contribution is -2.29. The minimum Gasteiger partial charge on any atom is -0.336 e. The Balaban J connectivity index is 1.58. The van der Waals surface area contributed by atoms with Crippen LogP contribution < -0.4 is 0 Å². The SMILES string of the molecule is O=C(c1cccc(Cl)c1Cl)N1CCC(n2cnc3ccccc32)C1. The molecule has 1 aromatic heterocycles. The highest BCUT2D eigenvalue weighted by Crippen LogP contribution is 2.30. The molecule has 4 nitrogen and oxygen atoms in total. The first kappa shape index (κ1) is 15.5. The number of imidazole rings is 1. The lowest BCUT2D eigenvalue weighted by atomic mass is 10.2. The Morgan fingerprint density at radius 3 is 2.83 bits per heavy atom. The fourth-order valence-corrected chi connectivity index (χ4v) is 3.64. The summed E-state index contributed by atoms with van der Waals surface area (Å²) in [6, 6.07) is 13.4. The molecule has 2 heterocycles. The second-order valence-corrected chi connectivity index (χ2v) is 6.72. The number of hydrogen-bond acceptors (Lipinski definition) is 2. The zero-order chi connectivity index (χ0) is 16.7. The minimum absolute atomic E-state index is 0.0746. The van der Waals surface area contributed by atoms with Crippen LogP contribution in [-0.2, 0) is 0 Å². The highest BCUT2D eigenvalue weighted by molar-refractivity contribution is 6.43. The molecule has 0 bridgehead atoms. The molecular formula is C18H15Cl2N3O. The van der Waals surface area contributed by atoms with Crippen molar-refractivity contribution in [2.75, 3.05) is 13.1 Å². The molecule has 6 heteroatoms. The highest BCUT2D eigenvalue weighted by atomic mass is 35.5. The van der Waals surface area contributed by atoms with E-state index in [1.807, 2.05) is 29.4 Å². The van der Waals surface area contributed by atoms with Gasteiger partial charge in [-0.25, -0.2) is 4.98 Å². The molecule has 4 rings (SSSR count). The Kier molecular flexibility index (Phi) is 3.94. The summed E-state index contributed by atoms with van der Waals surface area (Å²) in [6.45, 7) is 1.33. The maximum absolute atomic E-state index is 12.8. The van der Waals surface area contributed by atoms with Gasteiger partial charge < -0.3 is 9.47 Å².